The van der Waals surface area contributed by atoms with Gasteiger partial charge in [-0.25, -0.2) is 0 Å². The lowest BCUT2D eigenvalue weighted by Crippen LogP contribution is -2.16. The first-order valence-corrected chi connectivity index (χ1v) is 15.4. The fourth-order valence-electron chi connectivity index (χ4n) is 5.71. The van der Waals surface area contributed by atoms with Crippen molar-refractivity contribution in [2.75, 3.05) is 17.6 Å². The SMILES string of the molecule is C#C.C=C/C(=C\C(=C/C)c1ccc(N)c(CC(=C)Nc2cccc(-c3ccc4c(c3)CCC4)c2C)n1)CNCc1ccccc1. The second-order valence-corrected chi connectivity index (χ2v) is 11.2. The molecule has 0 aliphatic heterocycles. The zero-order valence-corrected chi connectivity index (χ0v) is 26.6. The van der Waals surface area contributed by atoms with Crippen LogP contribution in [0, 0.1) is 19.8 Å². The molecule has 0 bridgehead atoms. The third-order valence-electron chi connectivity index (χ3n) is 8.16. The smallest absolute Gasteiger partial charge is 0.0703 e. The molecule has 0 spiro atoms. The summed E-state index contributed by atoms with van der Waals surface area (Å²) in [6, 6.07) is 27.6. The molecule has 45 heavy (non-hydrogen) atoms. The third kappa shape index (κ3) is 8.50. The zero-order chi connectivity index (χ0) is 32.2. The van der Waals surface area contributed by atoms with E-state index in [2.05, 4.69) is 116 Å². The Morgan fingerprint density at radius 3 is 2.51 bits per heavy atom. The lowest BCUT2D eigenvalue weighted by Gasteiger charge is -2.17. The monoisotopic (exact) mass is 592 g/mol. The van der Waals surface area contributed by atoms with Crippen molar-refractivity contribution in [1.82, 2.24) is 10.3 Å². The van der Waals surface area contributed by atoms with Crippen molar-refractivity contribution in [3.05, 3.63) is 155 Å². The number of pyridine rings is 1. The maximum absolute atomic E-state index is 6.40. The van der Waals surface area contributed by atoms with Crippen molar-refractivity contribution >= 4 is 16.9 Å². The second-order valence-electron chi connectivity index (χ2n) is 11.2. The summed E-state index contributed by atoms with van der Waals surface area (Å²) in [5.74, 6) is 0. The van der Waals surface area contributed by atoms with Crippen LogP contribution in [-0.2, 0) is 25.8 Å². The van der Waals surface area contributed by atoms with Gasteiger partial charge in [-0.1, -0.05) is 86.0 Å². The highest BCUT2D eigenvalue weighted by molar-refractivity contribution is 5.76. The molecule has 228 valence electrons. The fourth-order valence-corrected chi connectivity index (χ4v) is 5.71. The maximum atomic E-state index is 6.40. The van der Waals surface area contributed by atoms with E-state index in [9.17, 15) is 0 Å². The van der Waals surface area contributed by atoms with Gasteiger partial charge >= 0.3 is 0 Å². The van der Waals surface area contributed by atoms with Crippen LogP contribution in [0.15, 0.2) is 122 Å². The number of aromatic nitrogens is 1. The summed E-state index contributed by atoms with van der Waals surface area (Å²) in [7, 11) is 0. The summed E-state index contributed by atoms with van der Waals surface area (Å²) in [6.07, 6.45) is 18.3. The molecule has 1 heterocycles. The predicted molar refractivity (Wildman–Crippen MR) is 194 cm³/mol. The topological polar surface area (TPSA) is 63.0 Å². The minimum Gasteiger partial charge on any atom is -0.397 e. The highest BCUT2D eigenvalue weighted by atomic mass is 14.9. The molecule has 4 nitrogen and oxygen atoms in total. The average molecular weight is 593 g/mol. The number of anilines is 2. The van der Waals surface area contributed by atoms with Crippen LogP contribution in [0.2, 0.25) is 0 Å². The molecule has 3 aromatic carbocycles. The van der Waals surface area contributed by atoms with Crippen LogP contribution in [0.4, 0.5) is 11.4 Å². The first-order chi connectivity index (χ1) is 21.9. The van der Waals surface area contributed by atoms with Crippen molar-refractivity contribution < 1.29 is 0 Å². The molecule has 1 aromatic heterocycles. The molecule has 4 heteroatoms. The molecule has 5 rings (SSSR count). The minimum absolute atomic E-state index is 0.524. The largest absolute Gasteiger partial charge is 0.397 e. The van der Waals surface area contributed by atoms with E-state index in [0.717, 1.165) is 40.5 Å². The lowest BCUT2D eigenvalue weighted by atomic mass is 9.96. The van der Waals surface area contributed by atoms with Crippen LogP contribution < -0.4 is 16.4 Å². The molecule has 0 atom stereocenters. The van der Waals surface area contributed by atoms with Gasteiger partial charge in [0.15, 0.2) is 0 Å². The Kier molecular flexibility index (Phi) is 11.7. The Labute approximate surface area is 269 Å². The number of benzene rings is 3. The number of terminal acetylenes is 1. The van der Waals surface area contributed by atoms with Crippen molar-refractivity contribution in [2.45, 2.75) is 46.1 Å². The molecule has 4 N–H and O–H groups in total. The number of allylic oxidation sites excluding steroid dienone is 4. The van der Waals surface area contributed by atoms with Gasteiger partial charge in [-0.15, -0.1) is 12.8 Å². The standard InChI is InChI=1S/C39H42N4.C2H2/c1-5-29(25-41-26-30-12-8-7-9-13-30)23-31(6-2)38-21-20-36(40)39(43-38)22-27(3)42-37-17-11-16-35(28(37)4)34-19-18-32-14-10-15-33(32)24-34;1-2/h5-9,11-13,16-21,23-24,41-42H,1,3,10,14-15,22,25-26,40H2,2,4H3;1-2H/b29-23+,31-6+;. The predicted octanol–water partition coefficient (Wildman–Crippen LogP) is 8.85. The van der Waals surface area contributed by atoms with E-state index < -0.39 is 0 Å². The highest BCUT2D eigenvalue weighted by Gasteiger charge is 2.14. The Morgan fingerprint density at radius 2 is 1.76 bits per heavy atom. The highest BCUT2D eigenvalue weighted by Crippen LogP contribution is 2.33. The van der Waals surface area contributed by atoms with Crippen LogP contribution in [0.25, 0.3) is 16.7 Å². The summed E-state index contributed by atoms with van der Waals surface area (Å²) in [5, 5.41) is 7.06. The number of rotatable bonds is 12. The second kappa shape index (κ2) is 16.1. The molecule has 0 saturated carbocycles. The van der Waals surface area contributed by atoms with Gasteiger partial charge in [0, 0.05) is 30.9 Å². The number of hydrogen-bond donors (Lipinski definition) is 3. The Bertz CT molecular complexity index is 1720. The number of aryl methyl sites for hydroxylation is 2. The molecule has 0 saturated heterocycles. The molecule has 0 fully saturated rings. The van der Waals surface area contributed by atoms with Crippen LogP contribution in [0.1, 0.15) is 47.0 Å². The third-order valence-corrected chi connectivity index (χ3v) is 8.16. The van der Waals surface area contributed by atoms with E-state index in [4.69, 9.17) is 10.7 Å². The fraction of sp³-hybridized carbons (Fsp3) is 0.195. The van der Waals surface area contributed by atoms with Crippen molar-refractivity contribution in [2.24, 2.45) is 0 Å². The molecular formula is C41H44N4. The van der Waals surface area contributed by atoms with Crippen LogP contribution >= 0.6 is 0 Å². The molecule has 0 unspecified atom stereocenters. The number of nitrogens with two attached hydrogens (primary N) is 1. The first-order valence-electron chi connectivity index (χ1n) is 15.4. The van der Waals surface area contributed by atoms with Gasteiger partial charge in [-0.2, -0.15) is 0 Å². The number of nitrogens with zero attached hydrogens (tertiary/aromatic N) is 1. The molecule has 0 radical (unpaired) electrons. The maximum Gasteiger partial charge on any atom is 0.0703 e. The molecule has 1 aliphatic rings. The van der Waals surface area contributed by atoms with Gasteiger partial charge in [-0.05, 0) is 102 Å². The summed E-state index contributed by atoms with van der Waals surface area (Å²) in [4.78, 5) is 4.97. The molecule has 4 aromatic rings. The number of fused-ring (bicyclic) bond motifs is 1. The van der Waals surface area contributed by atoms with Gasteiger partial charge in [0.25, 0.3) is 0 Å². The Morgan fingerprint density at radius 1 is 0.978 bits per heavy atom. The molecular weight excluding hydrogens is 548 g/mol. The van der Waals surface area contributed by atoms with Gasteiger partial charge in [0.2, 0.25) is 0 Å². The van der Waals surface area contributed by atoms with E-state index in [0.29, 0.717) is 18.7 Å². The summed E-state index contributed by atoms with van der Waals surface area (Å²) in [6.45, 7) is 14.1. The Balaban J connectivity index is 0.00000226. The number of nitrogen functional groups attached to an aromatic ring is 1. The van der Waals surface area contributed by atoms with E-state index in [1.165, 1.54) is 52.6 Å². The summed E-state index contributed by atoms with van der Waals surface area (Å²) in [5.41, 5.74) is 20.7. The van der Waals surface area contributed by atoms with E-state index in [1.54, 1.807) is 0 Å². The van der Waals surface area contributed by atoms with Gasteiger partial charge in [0.1, 0.15) is 0 Å². The Hall–Kier alpha value is -5.11. The van der Waals surface area contributed by atoms with E-state index in [1.807, 2.05) is 31.2 Å². The first kappa shape index (κ1) is 32.8. The molecule has 0 amide bonds. The van der Waals surface area contributed by atoms with Crippen molar-refractivity contribution in [3.63, 3.8) is 0 Å². The minimum atomic E-state index is 0.524. The average Bonchev–Trinajstić information content (AvgIpc) is 3.54. The van der Waals surface area contributed by atoms with Crippen LogP contribution in [0.5, 0.6) is 0 Å². The lowest BCUT2D eigenvalue weighted by molar-refractivity contribution is 0.747. The van der Waals surface area contributed by atoms with Gasteiger partial charge < -0.3 is 16.4 Å². The quantitative estimate of drug-likeness (QED) is 0.114. The van der Waals surface area contributed by atoms with Crippen molar-refractivity contribution in [3.8, 4) is 24.0 Å². The van der Waals surface area contributed by atoms with E-state index >= 15 is 0 Å². The van der Waals surface area contributed by atoms with Gasteiger partial charge in [0.05, 0.1) is 17.1 Å². The number of nitrogens with one attached hydrogen (secondary N) is 2. The van der Waals surface area contributed by atoms with Crippen LogP contribution in [-0.4, -0.2) is 11.5 Å². The van der Waals surface area contributed by atoms with E-state index in [-0.39, 0.29) is 0 Å². The van der Waals surface area contributed by atoms with Gasteiger partial charge in [-0.3, -0.25) is 4.98 Å². The molecule has 1 aliphatic carbocycles. The summed E-state index contributed by atoms with van der Waals surface area (Å²) < 4.78 is 0. The summed E-state index contributed by atoms with van der Waals surface area (Å²) >= 11 is 0. The normalized spacial score (nSPS) is 12.5. The zero-order valence-electron chi connectivity index (χ0n) is 26.6. The van der Waals surface area contributed by atoms with Crippen LogP contribution in [0.3, 0.4) is 0 Å². The number of hydrogen-bond acceptors (Lipinski definition) is 4. The van der Waals surface area contributed by atoms with Crippen molar-refractivity contribution in [1.29, 1.82) is 0 Å².